The van der Waals surface area contributed by atoms with Gasteiger partial charge >= 0.3 is 0 Å². The predicted octanol–water partition coefficient (Wildman–Crippen LogP) is 4.69. The summed E-state index contributed by atoms with van der Waals surface area (Å²) in [6.07, 6.45) is 5.59. The van der Waals surface area contributed by atoms with Crippen molar-refractivity contribution < 1.29 is 9.32 Å². The number of rotatable bonds is 4. The summed E-state index contributed by atoms with van der Waals surface area (Å²) in [5, 5.41) is 4.12. The largest absolute Gasteiger partial charge is 0.360 e. The minimum absolute atomic E-state index is 0.0351. The summed E-state index contributed by atoms with van der Waals surface area (Å²) in [5.41, 5.74) is 5.10. The van der Waals surface area contributed by atoms with Gasteiger partial charge in [-0.05, 0) is 63.5 Å². The van der Waals surface area contributed by atoms with E-state index in [9.17, 15) is 4.79 Å². The molecule has 32 heavy (non-hydrogen) atoms. The molecule has 0 spiro atoms. The van der Waals surface area contributed by atoms with Crippen LogP contribution in [-0.2, 0) is 4.79 Å². The number of likely N-dealkylation sites (tertiary alicyclic amines) is 1. The zero-order valence-electron chi connectivity index (χ0n) is 18.6. The molecule has 164 valence electrons. The molecule has 1 saturated heterocycles. The highest BCUT2D eigenvalue weighted by atomic mass is 16.5. The van der Waals surface area contributed by atoms with E-state index in [1.54, 1.807) is 6.08 Å². The number of carbonyl (C=O) groups is 1. The maximum absolute atomic E-state index is 13.0. The third-order valence-corrected chi connectivity index (χ3v) is 6.25. The first-order chi connectivity index (χ1) is 15.5. The number of benzene rings is 1. The zero-order chi connectivity index (χ0) is 22.2. The van der Waals surface area contributed by atoms with Crippen LogP contribution in [0.15, 0.2) is 47.0 Å². The first-order valence-corrected chi connectivity index (χ1v) is 11.0. The Morgan fingerprint density at radius 1 is 1.22 bits per heavy atom. The normalized spacial score (nSPS) is 17.0. The fourth-order valence-electron chi connectivity index (χ4n) is 4.60. The molecule has 0 bridgehead atoms. The summed E-state index contributed by atoms with van der Waals surface area (Å²) < 4.78 is 7.26. The predicted molar refractivity (Wildman–Crippen MR) is 124 cm³/mol. The molecule has 1 N–H and O–H groups in total. The van der Waals surface area contributed by atoms with Gasteiger partial charge in [0.15, 0.2) is 5.82 Å². The third-order valence-electron chi connectivity index (χ3n) is 6.25. The molecule has 5 rings (SSSR count). The number of aromatic amines is 1. The number of nitrogens with one attached hydrogen (secondary N) is 1. The fourth-order valence-corrected chi connectivity index (χ4v) is 4.60. The van der Waals surface area contributed by atoms with Crippen LogP contribution in [0.4, 0.5) is 0 Å². The number of H-pyrrole nitrogens is 1. The number of para-hydroxylation sites is 2. The van der Waals surface area contributed by atoms with Crippen LogP contribution in [0, 0.1) is 20.8 Å². The molecule has 7 nitrogen and oxygen atoms in total. The van der Waals surface area contributed by atoms with Crippen molar-refractivity contribution in [2.24, 2.45) is 0 Å². The lowest BCUT2D eigenvalue weighted by atomic mass is 9.97. The average Bonchev–Trinajstić information content (AvgIpc) is 3.49. The van der Waals surface area contributed by atoms with Crippen LogP contribution in [-0.4, -0.2) is 43.6 Å². The zero-order valence-corrected chi connectivity index (χ0v) is 18.6. The monoisotopic (exact) mass is 429 g/mol. The first kappa shape index (κ1) is 20.3. The quantitative estimate of drug-likeness (QED) is 0.478. The van der Waals surface area contributed by atoms with Crippen molar-refractivity contribution in [1.29, 1.82) is 0 Å². The molecule has 0 radical (unpaired) electrons. The van der Waals surface area contributed by atoms with Crippen molar-refractivity contribution >= 4 is 23.0 Å². The SMILES string of the molecule is Cc1cc(-n2c(C)cc(/C=C/C(=O)N3CCCC(c4nc5ccccc5[nH]4)C3)c2C)no1. The Hall–Kier alpha value is -3.61. The number of aryl methyl sites for hydroxylation is 2. The van der Waals surface area contributed by atoms with Crippen LogP contribution >= 0.6 is 0 Å². The van der Waals surface area contributed by atoms with Crippen LogP contribution < -0.4 is 0 Å². The van der Waals surface area contributed by atoms with E-state index in [4.69, 9.17) is 9.51 Å². The van der Waals surface area contributed by atoms with Crippen molar-refractivity contribution in [3.8, 4) is 5.82 Å². The van der Waals surface area contributed by atoms with Gasteiger partial charge in [0.05, 0.1) is 11.0 Å². The summed E-state index contributed by atoms with van der Waals surface area (Å²) >= 11 is 0. The molecule has 1 unspecified atom stereocenters. The van der Waals surface area contributed by atoms with E-state index in [1.807, 2.05) is 66.6 Å². The van der Waals surface area contributed by atoms with E-state index in [0.29, 0.717) is 6.54 Å². The molecule has 1 aliphatic heterocycles. The molecule has 1 atom stereocenters. The Labute approximate surface area is 186 Å². The van der Waals surface area contributed by atoms with E-state index in [0.717, 1.165) is 64.8 Å². The maximum atomic E-state index is 13.0. The van der Waals surface area contributed by atoms with Gasteiger partial charge in [0.2, 0.25) is 5.91 Å². The van der Waals surface area contributed by atoms with Crippen LogP contribution in [0.2, 0.25) is 0 Å². The number of carbonyl (C=O) groups excluding carboxylic acids is 1. The fraction of sp³-hybridized carbons (Fsp3) is 0.320. The van der Waals surface area contributed by atoms with Crippen molar-refractivity contribution in [1.82, 2.24) is 24.6 Å². The second kappa shape index (κ2) is 8.15. The smallest absolute Gasteiger partial charge is 0.246 e. The minimum Gasteiger partial charge on any atom is -0.360 e. The van der Waals surface area contributed by atoms with Gasteiger partial charge in [-0.1, -0.05) is 17.3 Å². The number of hydrogen-bond donors (Lipinski definition) is 1. The summed E-state index contributed by atoms with van der Waals surface area (Å²) in [6, 6.07) is 12.0. The van der Waals surface area contributed by atoms with Gasteiger partial charge in [-0.25, -0.2) is 4.98 Å². The Morgan fingerprint density at radius 2 is 2.06 bits per heavy atom. The Balaban J connectivity index is 1.31. The number of amides is 1. The number of nitrogens with zero attached hydrogens (tertiary/aromatic N) is 4. The molecule has 3 aromatic heterocycles. The standard InChI is InChI=1S/C25H27N5O2/c1-16-13-19(18(3)30(16)23-14-17(2)32-28-23)10-11-24(31)29-12-6-7-20(15-29)25-26-21-8-4-5-9-22(21)27-25/h4-5,8-11,13-14,20H,6-7,12,15H2,1-3H3,(H,26,27)/b11-10+. The van der Waals surface area contributed by atoms with Crippen molar-refractivity contribution in [2.45, 2.75) is 39.5 Å². The summed E-state index contributed by atoms with van der Waals surface area (Å²) in [6.45, 7) is 7.39. The van der Waals surface area contributed by atoms with E-state index >= 15 is 0 Å². The summed E-state index contributed by atoms with van der Waals surface area (Å²) in [7, 11) is 0. The number of aromatic nitrogens is 4. The first-order valence-electron chi connectivity index (χ1n) is 11.0. The lowest BCUT2D eigenvalue weighted by molar-refractivity contribution is -0.127. The van der Waals surface area contributed by atoms with Crippen molar-refractivity contribution in [3.63, 3.8) is 0 Å². The topological polar surface area (TPSA) is 80.0 Å². The molecule has 1 aliphatic rings. The molecule has 1 amide bonds. The molecular weight excluding hydrogens is 402 g/mol. The van der Waals surface area contributed by atoms with E-state index in [2.05, 4.69) is 16.2 Å². The summed E-state index contributed by atoms with van der Waals surface area (Å²) in [4.78, 5) is 23.1. The molecule has 1 fully saturated rings. The van der Waals surface area contributed by atoms with Crippen LogP contribution in [0.25, 0.3) is 22.9 Å². The lowest BCUT2D eigenvalue weighted by Crippen LogP contribution is -2.38. The van der Waals surface area contributed by atoms with Crippen LogP contribution in [0.5, 0.6) is 0 Å². The van der Waals surface area contributed by atoms with E-state index in [-0.39, 0.29) is 11.8 Å². The van der Waals surface area contributed by atoms with E-state index < -0.39 is 0 Å². The highest BCUT2D eigenvalue weighted by Gasteiger charge is 2.26. The Bertz CT molecular complexity index is 1280. The highest BCUT2D eigenvalue weighted by Crippen LogP contribution is 2.27. The average molecular weight is 430 g/mol. The van der Waals surface area contributed by atoms with Crippen LogP contribution in [0.3, 0.4) is 0 Å². The second-order valence-corrected chi connectivity index (χ2v) is 8.55. The number of fused-ring (bicyclic) bond motifs is 1. The molecule has 4 heterocycles. The molecule has 1 aromatic carbocycles. The molecule has 7 heteroatoms. The van der Waals surface area contributed by atoms with Gasteiger partial charge in [-0.2, -0.15) is 0 Å². The van der Waals surface area contributed by atoms with Gasteiger partial charge in [-0.15, -0.1) is 0 Å². The number of imidazole rings is 1. The van der Waals surface area contributed by atoms with Gasteiger partial charge < -0.3 is 14.4 Å². The van der Waals surface area contributed by atoms with Gasteiger partial charge in [0, 0.05) is 42.5 Å². The van der Waals surface area contributed by atoms with Gasteiger partial charge in [0.1, 0.15) is 11.6 Å². The molecule has 4 aromatic rings. The summed E-state index contributed by atoms with van der Waals surface area (Å²) in [5.74, 6) is 2.76. The third kappa shape index (κ3) is 3.75. The number of piperidine rings is 1. The minimum atomic E-state index is 0.0351. The molecular formula is C25H27N5O2. The molecule has 0 aliphatic carbocycles. The number of hydrogen-bond acceptors (Lipinski definition) is 4. The molecule has 0 saturated carbocycles. The van der Waals surface area contributed by atoms with E-state index in [1.165, 1.54) is 0 Å². The maximum Gasteiger partial charge on any atom is 0.246 e. The van der Waals surface area contributed by atoms with Crippen molar-refractivity contribution in [3.05, 3.63) is 71.0 Å². The van der Waals surface area contributed by atoms with Crippen molar-refractivity contribution in [2.75, 3.05) is 13.1 Å². The highest BCUT2D eigenvalue weighted by molar-refractivity contribution is 5.92. The van der Waals surface area contributed by atoms with Gasteiger partial charge in [0.25, 0.3) is 0 Å². The Kier molecular flexibility index (Phi) is 5.17. The van der Waals surface area contributed by atoms with Gasteiger partial charge in [-0.3, -0.25) is 9.36 Å². The Morgan fingerprint density at radius 3 is 2.84 bits per heavy atom. The van der Waals surface area contributed by atoms with Crippen LogP contribution in [0.1, 0.15) is 47.3 Å². The second-order valence-electron chi connectivity index (χ2n) is 8.55. The lowest BCUT2D eigenvalue weighted by Gasteiger charge is -2.31.